The van der Waals surface area contributed by atoms with Crippen LogP contribution in [0.2, 0.25) is 0 Å². The maximum Gasteiger partial charge on any atom is 0.294 e. The number of nitrogens with zero attached hydrogens (tertiary/aromatic N) is 2. The second kappa shape index (κ2) is 10.6. The minimum absolute atomic E-state index is 0.181. The Morgan fingerprint density at radius 3 is 2.52 bits per heavy atom. The lowest BCUT2D eigenvalue weighted by molar-refractivity contribution is -0.136. The Kier molecular flexibility index (Phi) is 7.34. The van der Waals surface area contributed by atoms with E-state index >= 15 is 0 Å². The Balaban J connectivity index is 1.43. The van der Waals surface area contributed by atoms with Gasteiger partial charge in [-0.15, -0.1) is 0 Å². The number of imide groups is 1. The largest absolute Gasteiger partial charge is 0.493 e. The number of thioether (sulfide) groups is 1. The highest BCUT2D eigenvalue weighted by molar-refractivity contribution is 8.18. The Bertz CT molecular complexity index is 1060. The number of rotatable bonds is 7. The summed E-state index contributed by atoms with van der Waals surface area (Å²) in [5, 5.41) is -0.425. The molecule has 0 radical (unpaired) electrons. The molecule has 2 aromatic carbocycles. The highest BCUT2D eigenvalue weighted by atomic mass is 32.2. The van der Waals surface area contributed by atoms with Gasteiger partial charge < -0.3 is 14.4 Å². The lowest BCUT2D eigenvalue weighted by Crippen LogP contribution is -2.44. The van der Waals surface area contributed by atoms with Crippen LogP contribution in [0, 0.1) is 0 Å². The van der Waals surface area contributed by atoms with Crippen molar-refractivity contribution in [3.8, 4) is 11.5 Å². The zero-order valence-corrected chi connectivity index (χ0v) is 19.3. The number of carbonyl (C=O) groups excluding carboxylic acids is 3. The predicted octanol–water partition coefficient (Wildman–Crippen LogP) is 4.32. The molecule has 2 aliphatic heterocycles. The van der Waals surface area contributed by atoms with E-state index in [-0.39, 0.29) is 17.4 Å². The minimum Gasteiger partial charge on any atom is -0.493 e. The van der Waals surface area contributed by atoms with Crippen molar-refractivity contribution in [3.63, 3.8) is 0 Å². The van der Waals surface area contributed by atoms with Crippen LogP contribution in [0.4, 0.5) is 4.79 Å². The third kappa shape index (κ3) is 5.57. The minimum atomic E-state index is -0.446. The van der Waals surface area contributed by atoms with Crippen LogP contribution < -0.4 is 9.47 Å². The fourth-order valence-corrected chi connectivity index (χ4v) is 4.63. The van der Waals surface area contributed by atoms with Gasteiger partial charge >= 0.3 is 0 Å². The number of piperidine rings is 1. The highest BCUT2D eigenvalue weighted by Crippen LogP contribution is 2.35. The van der Waals surface area contributed by atoms with Crippen LogP contribution in [0.5, 0.6) is 11.5 Å². The zero-order chi connectivity index (χ0) is 23.2. The molecular weight excluding hydrogens is 440 g/mol. The number of benzene rings is 2. The van der Waals surface area contributed by atoms with Crippen LogP contribution in [0.3, 0.4) is 0 Å². The molecule has 0 N–H and O–H groups in total. The van der Waals surface area contributed by atoms with E-state index in [2.05, 4.69) is 0 Å². The average molecular weight is 467 g/mol. The van der Waals surface area contributed by atoms with Crippen LogP contribution in [-0.2, 0) is 16.2 Å². The van der Waals surface area contributed by atoms with Gasteiger partial charge in [-0.05, 0) is 60.4 Å². The van der Waals surface area contributed by atoms with Crippen LogP contribution >= 0.6 is 11.8 Å². The average Bonchev–Trinajstić information content (AvgIpc) is 3.11. The second-order valence-corrected chi connectivity index (χ2v) is 8.89. The number of likely N-dealkylation sites (tertiary alicyclic amines) is 1. The molecule has 0 atom stereocenters. The van der Waals surface area contributed by atoms with E-state index in [9.17, 15) is 14.4 Å². The van der Waals surface area contributed by atoms with Crippen molar-refractivity contribution >= 4 is 34.9 Å². The van der Waals surface area contributed by atoms with Crippen LogP contribution in [-0.4, -0.2) is 53.6 Å². The molecule has 0 aromatic heterocycles. The van der Waals surface area contributed by atoms with E-state index in [1.807, 2.05) is 30.3 Å². The number of methoxy groups -OCH3 is 1. The van der Waals surface area contributed by atoms with Gasteiger partial charge in [0.05, 0.1) is 12.0 Å². The molecule has 7 nitrogen and oxygen atoms in total. The summed E-state index contributed by atoms with van der Waals surface area (Å²) in [6.45, 7) is 1.56. The third-order valence-corrected chi connectivity index (χ3v) is 6.51. The summed E-state index contributed by atoms with van der Waals surface area (Å²) in [5.41, 5.74) is 1.74. The van der Waals surface area contributed by atoms with Crippen molar-refractivity contribution in [1.82, 2.24) is 9.80 Å². The molecule has 2 fully saturated rings. The van der Waals surface area contributed by atoms with Gasteiger partial charge in [0.2, 0.25) is 5.91 Å². The SMILES string of the molecule is COc1cc(/C=C2\SC(=O)N(CC(=O)N3CCCCC3)C2=O)ccc1OCc1ccccc1. The van der Waals surface area contributed by atoms with Crippen LogP contribution in [0.15, 0.2) is 53.4 Å². The maximum atomic E-state index is 12.8. The molecule has 0 spiro atoms. The Morgan fingerprint density at radius 2 is 1.79 bits per heavy atom. The Morgan fingerprint density at radius 1 is 1.03 bits per heavy atom. The van der Waals surface area contributed by atoms with E-state index < -0.39 is 11.1 Å². The first-order valence-corrected chi connectivity index (χ1v) is 11.7. The van der Waals surface area contributed by atoms with Gasteiger partial charge in [-0.1, -0.05) is 36.4 Å². The van der Waals surface area contributed by atoms with Gasteiger partial charge in [0, 0.05) is 13.1 Å². The summed E-state index contributed by atoms with van der Waals surface area (Å²) in [6.07, 6.45) is 4.66. The van der Waals surface area contributed by atoms with Gasteiger partial charge in [0.15, 0.2) is 11.5 Å². The number of carbonyl (C=O) groups is 3. The first-order valence-electron chi connectivity index (χ1n) is 10.9. The van der Waals surface area contributed by atoms with E-state index in [1.54, 1.807) is 36.3 Å². The molecule has 2 aliphatic rings. The molecule has 172 valence electrons. The first-order chi connectivity index (χ1) is 16.0. The summed E-state index contributed by atoms with van der Waals surface area (Å²) in [5.74, 6) is 0.483. The van der Waals surface area contributed by atoms with Gasteiger partial charge in [0.25, 0.3) is 11.1 Å². The van der Waals surface area contributed by atoms with E-state index in [4.69, 9.17) is 9.47 Å². The molecule has 4 rings (SSSR count). The Labute approximate surface area is 197 Å². The van der Waals surface area contributed by atoms with E-state index in [0.717, 1.165) is 41.5 Å². The van der Waals surface area contributed by atoms with Gasteiger partial charge in [-0.3, -0.25) is 19.3 Å². The molecule has 0 saturated carbocycles. The van der Waals surface area contributed by atoms with Crippen molar-refractivity contribution < 1.29 is 23.9 Å². The molecule has 2 heterocycles. The molecule has 3 amide bonds. The normalized spacial score (nSPS) is 17.5. The zero-order valence-electron chi connectivity index (χ0n) is 18.5. The van der Waals surface area contributed by atoms with Crippen LogP contribution in [0.25, 0.3) is 6.08 Å². The van der Waals surface area contributed by atoms with E-state index in [0.29, 0.717) is 36.8 Å². The topological polar surface area (TPSA) is 76.2 Å². The number of amides is 3. The molecule has 0 bridgehead atoms. The summed E-state index contributed by atoms with van der Waals surface area (Å²) in [7, 11) is 1.55. The lowest BCUT2D eigenvalue weighted by atomic mass is 10.1. The molecule has 8 heteroatoms. The van der Waals surface area contributed by atoms with Crippen molar-refractivity contribution in [2.75, 3.05) is 26.7 Å². The van der Waals surface area contributed by atoms with Crippen molar-refractivity contribution in [3.05, 3.63) is 64.6 Å². The van der Waals surface area contributed by atoms with E-state index in [1.165, 1.54) is 0 Å². The molecular formula is C25H26N2O5S. The highest BCUT2D eigenvalue weighted by Gasteiger charge is 2.37. The molecule has 0 unspecified atom stereocenters. The quantitative estimate of drug-likeness (QED) is 0.566. The summed E-state index contributed by atoms with van der Waals surface area (Å²) >= 11 is 0.846. The monoisotopic (exact) mass is 466 g/mol. The van der Waals surface area contributed by atoms with Gasteiger partial charge in [-0.25, -0.2) is 0 Å². The maximum absolute atomic E-state index is 12.8. The molecule has 33 heavy (non-hydrogen) atoms. The summed E-state index contributed by atoms with van der Waals surface area (Å²) in [6, 6.07) is 15.1. The van der Waals surface area contributed by atoms with Gasteiger partial charge in [0.1, 0.15) is 13.2 Å². The van der Waals surface area contributed by atoms with Crippen molar-refractivity contribution in [2.45, 2.75) is 25.9 Å². The first kappa shape index (κ1) is 22.9. The Hall–Kier alpha value is -3.26. The predicted molar refractivity (Wildman–Crippen MR) is 127 cm³/mol. The number of hydrogen-bond acceptors (Lipinski definition) is 6. The smallest absolute Gasteiger partial charge is 0.294 e. The van der Waals surface area contributed by atoms with Crippen LogP contribution in [0.1, 0.15) is 30.4 Å². The van der Waals surface area contributed by atoms with Crippen molar-refractivity contribution in [2.24, 2.45) is 0 Å². The second-order valence-electron chi connectivity index (χ2n) is 7.89. The van der Waals surface area contributed by atoms with Crippen molar-refractivity contribution in [1.29, 1.82) is 0 Å². The fraction of sp³-hybridized carbons (Fsp3) is 0.320. The molecule has 2 aromatic rings. The number of ether oxygens (including phenoxy) is 2. The number of hydrogen-bond donors (Lipinski definition) is 0. The molecule has 0 aliphatic carbocycles. The lowest BCUT2D eigenvalue weighted by Gasteiger charge is -2.27. The fourth-order valence-electron chi connectivity index (χ4n) is 3.79. The third-order valence-electron chi connectivity index (χ3n) is 5.60. The molecule has 2 saturated heterocycles. The standard InChI is InChI=1S/C25H26N2O5S/c1-31-21-14-19(10-11-20(21)32-17-18-8-4-2-5-9-18)15-22-24(29)27(25(30)33-22)16-23(28)26-12-6-3-7-13-26/h2,4-5,8-11,14-15H,3,6-7,12-13,16-17H2,1H3/b22-15-. The summed E-state index contributed by atoms with van der Waals surface area (Å²) < 4.78 is 11.3. The van der Waals surface area contributed by atoms with Gasteiger partial charge in [-0.2, -0.15) is 0 Å². The summed E-state index contributed by atoms with van der Waals surface area (Å²) in [4.78, 5) is 40.8.